The van der Waals surface area contributed by atoms with E-state index in [9.17, 15) is 4.79 Å². The Kier molecular flexibility index (Phi) is 6.84. The summed E-state index contributed by atoms with van der Waals surface area (Å²) in [4.78, 5) is 18.7. The minimum absolute atomic E-state index is 0. The highest BCUT2D eigenvalue weighted by molar-refractivity contribution is 5.85. The molecule has 1 saturated heterocycles. The van der Waals surface area contributed by atoms with Gasteiger partial charge in [-0.3, -0.25) is 14.5 Å². The molecule has 0 bridgehead atoms. The molecule has 0 aromatic carbocycles. The number of hydrogen-bond acceptors (Lipinski definition) is 4. The SMILES string of the molecule is Cl.Cl.Cn1cc(C2CCCN2C(=O)Cc2ccc(N)cn2)cn1. The number of carbonyl (C=O) groups is 1. The van der Waals surface area contributed by atoms with Crippen molar-refractivity contribution in [2.75, 3.05) is 12.3 Å². The summed E-state index contributed by atoms with van der Waals surface area (Å²) in [5, 5.41) is 4.20. The van der Waals surface area contributed by atoms with Gasteiger partial charge < -0.3 is 10.6 Å². The number of nitrogen functional groups attached to an aromatic ring is 1. The normalized spacial score (nSPS) is 16.6. The van der Waals surface area contributed by atoms with Crippen molar-refractivity contribution in [2.24, 2.45) is 7.05 Å². The molecule has 23 heavy (non-hydrogen) atoms. The Bertz CT molecular complexity index is 644. The molecule has 0 saturated carbocycles. The number of pyridine rings is 1. The number of carbonyl (C=O) groups excluding carboxylic acids is 1. The summed E-state index contributed by atoms with van der Waals surface area (Å²) in [6.07, 6.45) is 7.75. The van der Waals surface area contributed by atoms with Gasteiger partial charge >= 0.3 is 0 Å². The van der Waals surface area contributed by atoms with Crippen LogP contribution in [0.3, 0.4) is 0 Å². The van der Waals surface area contributed by atoms with E-state index < -0.39 is 0 Å². The summed E-state index contributed by atoms with van der Waals surface area (Å²) < 4.78 is 1.78. The first-order valence-electron chi connectivity index (χ1n) is 7.12. The summed E-state index contributed by atoms with van der Waals surface area (Å²) in [7, 11) is 1.89. The fourth-order valence-electron chi connectivity index (χ4n) is 2.82. The van der Waals surface area contributed by atoms with Crippen LogP contribution in [0.15, 0.2) is 30.7 Å². The maximum Gasteiger partial charge on any atom is 0.229 e. The zero-order valence-corrected chi connectivity index (χ0v) is 14.5. The van der Waals surface area contributed by atoms with Gasteiger partial charge in [0.15, 0.2) is 0 Å². The second-order valence-electron chi connectivity index (χ2n) is 5.45. The molecule has 0 aliphatic carbocycles. The fourth-order valence-corrected chi connectivity index (χ4v) is 2.82. The number of aromatic nitrogens is 3. The first-order valence-corrected chi connectivity index (χ1v) is 7.12. The molecule has 0 spiro atoms. The second kappa shape index (κ2) is 8.17. The number of rotatable bonds is 3. The molecule has 2 aromatic heterocycles. The van der Waals surface area contributed by atoms with Crippen molar-refractivity contribution in [2.45, 2.75) is 25.3 Å². The van der Waals surface area contributed by atoms with Crippen LogP contribution in [0.2, 0.25) is 0 Å². The van der Waals surface area contributed by atoms with Gasteiger partial charge in [-0.15, -0.1) is 24.8 Å². The van der Waals surface area contributed by atoms with Crippen LogP contribution < -0.4 is 5.73 Å². The van der Waals surface area contributed by atoms with E-state index in [1.54, 1.807) is 16.9 Å². The lowest BCUT2D eigenvalue weighted by atomic mass is 10.1. The van der Waals surface area contributed by atoms with E-state index in [1.165, 1.54) is 0 Å². The van der Waals surface area contributed by atoms with E-state index in [0.717, 1.165) is 30.6 Å². The predicted octanol–water partition coefficient (Wildman–Crippen LogP) is 2.15. The minimum Gasteiger partial charge on any atom is -0.397 e. The Morgan fingerprint density at radius 2 is 2.13 bits per heavy atom. The van der Waals surface area contributed by atoms with Crippen LogP contribution in [0.25, 0.3) is 0 Å². The molecule has 126 valence electrons. The lowest BCUT2D eigenvalue weighted by molar-refractivity contribution is -0.131. The zero-order valence-electron chi connectivity index (χ0n) is 12.9. The molecule has 6 nitrogen and oxygen atoms in total. The van der Waals surface area contributed by atoms with Crippen LogP contribution in [-0.2, 0) is 18.3 Å². The molecular weight excluding hydrogens is 337 g/mol. The van der Waals surface area contributed by atoms with Gasteiger partial charge in [-0.1, -0.05) is 0 Å². The molecule has 1 amide bonds. The fraction of sp³-hybridized carbons (Fsp3) is 0.400. The third-order valence-corrected chi connectivity index (χ3v) is 3.86. The number of likely N-dealkylation sites (tertiary alicyclic amines) is 1. The van der Waals surface area contributed by atoms with E-state index in [0.29, 0.717) is 12.1 Å². The lowest BCUT2D eigenvalue weighted by Crippen LogP contribution is -2.31. The van der Waals surface area contributed by atoms with E-state index in [4.69, 9.17) is 5.73 Å². The lowest BCUT2D eigenvalue weighted by Gasteiger charge is -2.23. The Balaban J connectivity index is 0.00000132. The van der Waals surface area contributed by atoms with Gasteiger partial charge in [0, 0.05) is 31.0 Å². The summed E-state index contributed by atoms with van der Waals surface area (Å²) in [5.74, 6) is 0.110. The quantitative estimate of drug-likeness (QED) is 0.912. The van der Waals surface area contributed by atoms with Crippen molar-refractivity contribution >= 4 is 36.4 Å². The molecule has 3 rings (SSSR count). The Morgan fingerprint density at radius 3 is 2.74 bits per heavy atom. The van der Waals surface area contributed by atoms with Crippen LogP contribution >= 0.6 is 24.8 Å². The number of anilines is 1. The monoisotopic (exact) mass is 357 g/mol. The highest BCUT2D eigenvalue weighted by Crippen LogP contribution is 2.31. The van der Waals surface area contributed by atoms with Gasteiger partial charge in [-0.05, 0) is 25.0 Å². The molecule has 8 heteroatoms. The first kappa shape index (κ1) is 19.3. The minimum atomic E-state index is 0. The van der Waals surface area contributed by atoms with Crippen LogP contribution in [0, 0.1) is 0 Å². The highest BCUT2D eigenvalue weighted by Gasteiger charge is 2.30. The maximum atomic E-state index is 12.5. The van der Waals surface area contributed by atoms with Crippen LogP contribution in [0.4, 0.5) is 5.69 Å². The van der Waals surface area contributed by atoms with E-state index >= 15 is 0 Å². The van der Waals surface area contributed by atoms with E-state index in [-0.39, 0.29) is 36.8 Å². The van der Waals surface area contributed by atoms with Crippen molar-refractivity contribution in [1.82, 2.24) is 19.7 Å². The molecule has 3 heterocycles. The van der Waals surface area contributed by atoms with Gasteiger partial charge in [-0.25, -0.2) is 0 Å². The summed E-state index contributed by atoms with van der Waals surface area (Å²) >= 11 is 0. The van der Waals surface area contributed by atoms with Gasteiger partial charge in [-0.2, -0.15) is 5.10 Å². The van der Waals surface area contributed by atoms with Gasteiger partial charge in [0.1, 0.15) is 0 Å². The van der Waals surface area contributed by atoms with E-state index in [1.807, 2.05) is 30.4 Å². The topological polar surface area (TPSA) is 77.0 Å². The standard InChI is InChI=1S/C15H19N5O.2ClH/c1-19-10-11(8-18-19)14-3-2-6-20(14)15(21)7-13-5-4-12(16)9-17-13;;/h4-5,8-10,14H,2-3,6-7,16H2,1H3;2*1H. The maximum absolute atomic E-state index is 12.5. The van der Waals surface area contributed by atoms with Gasteiger partial charge in [0.2, 0.25) is 5.91 Å². The summed E-state index contributed by atoms with van der Waals surface area (Å²) in [5.41, 5.74) is 8.09. The number of aryl methyl sites for hydroxylation is 1. The first-order chi connectivity index (χ1) is 10.1. The number of hydrogen-bond donors (Lipinski definition) is 1. The van der Waals surface area contributed by atoms with Crippen molar-refractivity contribution in [3.05, 3.63) is 42.0 Å². The molecule has 1 aliphatic rings. The molecule has 0 radical (unpaired) electrons. The second-order valence-corrected chi connectivity index (χ2v) is 5.45. The Morgan fingerprint density at radius 1 is 1.35 bits per heavy atom. The number of amides is 1. The van der Waals surface area contributed by atoms with Crippen LogP contribution in [-0.4, -0.2) is 32.1 Å². The predicted molar refractivity (Wildman–Crippen MR) is 93.7 cm³/mol. The zero-order chi connectivity index (χ0) is 14.8. The molecular formula is C15H21Cl2N5O. The van der Waals surface area contributed by atoms with Crippen molar-refractivity contribution in [1.29, 1.82) is 0 Å². The number of nitrogens with two attached hydrogens (primary N) is 1. The number of nitrogens with zero attached hydrogens (tertiary/aromatic N) is 4. The van der Waals surface area contributed by atoms with Gasteiger partial charge in [0.05, 0.1) is 30.5 Å². The van der Waals surface area contributed by atoms with Gasteiger partial charge in [0.25, 0.3) is 0 Å². The average Bonchev–Trinajstić information content (AvgIpc) is 3.09. The smallest absolute Gasteiger partial charge is 0.229 e. The summed E-state index contributed by atoms with van der Waals surface area (Å²) in [6.45, 7) is 0.799. The molecule has 1 fully saturated rings. The average molecular weight is 358 g/mol. The highest BCUT2D eigenvalue weighted by atomic mass is 35.5. The molecule has 1 unspecified atom stereocenters. The largest absolute Gasteiger partial charge is 0.397 e. The third kappa shape index (κ3) is 4.36. The third-order valence-electron chi connectivity index (χ3n) is 3.86. The van der Waals surface area contributed by atoms with Crippen molar-refractivity contribution < 1.29 is 4.79 Å². The Labute approximate surface area is 147 Å². The molecule has 2 N–H and O–H groups in total. The van der Waals surface area contributed by atoms with Crippen LogP contribution in [0.1, 0.15) is 30.1 Å². The van der Waals surface area contributed by atoms with E-state index in [2.05, 4.69) is 10.1 Å². The number of halogens is 2. The molecule has 1 atom stereocenters. The molecule has 1 aliphatic heterocycles. The van der Waals surface area contributed by atoms with Crippen molar-refractivity contribution in [3.8, 4) is 0 Å². The summed E-state index contributed by atoms with van der Waals surface area (Å²) in [6, 6.07) is 3.72. The van der Waals surface area contributed by atoms with Crippen molar-refractivity contribution in [3.63, 3.8) is 0 Å². The Hall–Kier alpha value is -1.79. The molecule has 2 aromatic rings. The van der Waals surface area contributed by atoms with Crippen LogP contribution in [0.5, 0.6) is 0 Å².